The fourth-order valence-electron chi connectivity index (χ4n) is 1.17. The van der Waals surface area contributed by atoms with Gasteiger partial charge in [-0.15, -0.1) is 0 Å². The van der Waals surface area contributed by atoms with E-state index in [0.29, 0.717) is 12.9 Å². The van der Waals surface area contributed by atoms with Crippen molar-refractivity contribution in [1.29, 1.82) is 0 Å². The largest absolute Gasteiger partial charge is 0.512 e. The molecule has 1 heterocycles. The summed E-state index contributed by atoms with van der Waals surface area (Å²) in [5.41, 5.74) is 0. The van der Waals surface area contributed by atoms with Crippen molar-refractivity contribution in [1.82, 2.24) is 0 Å². The molecule has 1 atom stereocenters. The van der Waals surface area contributed by atoms with Gasteiger partial charge in [0.1, 0.15) is 12.9 Å². The molecule has 0 aliphatic carbocycles. The van der Waals surface area contributed by atoms with Gasteiger partial charge in [0, 0.05) is 6.61 Å². The quantitative estimate of drug-likeness (QED) is 0.303. The van der Waals surface area contributed by atoms with Crippen LogP contribution in [-0.4, -0.2) is 31.2 Å². The van der Waals surface area contributed by atoms with E-state index in [0.717, 1.165) is 32.1 Å². The molecular weight excluding hydrogens is 204 g/mol. The first-order valence-corrected chi connectivity index (χ1v) is 4.91. The van der Waals surface area contributed by atoms with Gasteiger partial charge in [0.15, 0.2) is 12.6 Å². The van der Waals surface area contributed by atoms with Gasteiger partial charge in [-0.3, -0.25) is 0 Å². The fraction of sp³-hybridized carbons (Fsp3) is 0.778. The predicted octanol–water partition coefficient (Wildman–Crippen LogP) is 1.44. The lowest BCUT2D eigenvalue weighted by molar-refractivity contribution is -0.492. The van der Waals surface area contributed by atoms with Crippen LogP contribution in [0.4, 0.5) is 0 Å². The number of hydrogen-bond acceptors (Lipinski definition) is 6. The Bertz CT molecular complexity index is 166. The highest BCUT2D eigenvalue weighted by atomic mass is 17.5. The molecule has 1 aliphatic heterocycles. The van der Waals surface area contributed by atoms with Crippen LogP contribution in [0.2, 0.25) is 0 Å². The number of ether oxygens (including phenoxy) is 2. The first kappa shape index (κ1) is 12.3. The van der Waals surface area contributed by atoms with Crippen LogP contribution in [0, 0.1) is 0 Å². The summed E-state index contributed by atoms with van der Waals surface area (Å²) in [6.07, 6.45) is 4.65. The lowest BCUT2D eigenvalue weighted by Gasteiger charge is -2.22. The van der Waals surface area contributed by atoms with Crippen molar-refractivity contribution in [3.05, 3.63) is 12.5 Å². The van der Waals surface area contributed by atoms with E-state index in [-0.39, 0.29) is 12.9 Å². The van der Waals surface area contributed by atoms with Crippen LogP contribution in [0.15, 0.2) is 12.5 Å². The Morgan fingerprint density at radius 3 is 3.00 bits per heavy atom. The third-order valence-corrected chi connectivity index (χ3v) is 1.81. The maximum absolute atomic E-state index is 8.16. The highest BCUT2D eigenvalue weighted by Gasteiger charge is 2.13. The minimum atomic E-state index is -0.124. The summed E-state index contributed by atoms with van der Waals surface area (Å²) in [6.45, 7) is 1.36. The van der Waals surface area contributed by atoms with Crippen molar-refractivity contribution >= 4 is 0 Å². The molecule has 0 aromatic carbocycles. The third-order valence-electron chi connectivity index (χ3n) is 1.81. The average Bonchev–Trinajstić information content (AvgIpc) is 2.29. The van der Waals surface area contributed by atoms with Gasteiger partial charge >= 0.3 is 0 Å². The van der Waals surface area contributed by atoms with Gasteiger partial charge in [0.25, 0.3) is 0 Å². The van der Waals surface area contributed by atoms with Crippen LogP contribution in [0.1, 0.15) is 19.3 Å². The summed E-state index contributed by atoms with van der Waals surface area (Å²) in [6, 6.07) is 0. The molecule has 0 aromatic heterocycles. The molecule has 15 heavy (non-hydrogen) atoms. The highest BCUT2D eigenvalue weighted by Crippen LogP contribution is 2.13. The van der Waals surface area contributed by atoms with E-state index in [9.17, 15) is 0 Å². The SMILES string of the molecule is O/C=C/OOOCCOC1CCCCO1. The Labute approximate surface area is 88.2 Å². The third kappa shape index (κ3) is 6.29. The zero-order valence-electron chi connectivity index (χ0n) is 8.46. The lowest BCUT2D eigenvalue weighted by atomic mass is 10.2. The van der Waals surface area contributed by atoms with E-state index in [1.165, 1.54) is 0 Å². The molecule has 0 spiro atoms. The van der Waals surface area contributed by atoms with Crippen LogP contribution in [0.3, 0.4) is 0 Å². The Morgan fingerprint density at radius 1 is 1.33 bits per heavy atom. The normalized spacial score (nSPS) is 22.0. The van der Waals surface area contributed by atoms with Crippen molar-refractivity contribution in [2.45, 2.75) is 25.6 Å². The van der Waals surface area contributed by atoms with Gasteiger partial charge < -0.3 is 19.5 Å². The summed E-state index contributed by atoms with van der Waals surface area (Å²) in [5.74, 6) is 0. The maximum Gasteiger partial charge on any atom is 0.166 e. The van der Waals surface area contributed by atoms with Crippen LogP contribution < -0.4 is 0 Å². The molecule has 0 saturated carbocycles. The van der Waals surface area contributed by atoms with Crippen LogP contribution in [0.5, 0.6) is 0 Å². The summed E-state index contributed by atoms with van der Waals surface area (Å²) in [4.78, 5) is 8.80. The van der Waals surface area contributed by atoms with E-state index in [1.807, 2.05) is 0 Å². The predicted molar refractivity (Wildman–Crippen MR) is 49.4 cm³/mol. The molecule has 1 aliphatic rings. The summed E-state index contributed by atoms with van der Waals surface area (Å²) in [7, 11) is 0. The van der Waals surface area contributed by atoms with E-state index < -0.39 is 0 Å². The fourth-order valence-corrected chi connectivity index (χ4v) is 1.17. The topological polar surface area (TPSA) is 66.4 Å². The van der Waals surface area contributed by atoms with Crippen LogP contribution in [-0.2, 0) is 24.3 Å². The minimum Gasteiger partial charge on any atom is -0.512 e. The van der Waals surface area contributed by atoms with Crippen molar-refractivity contribution in [3.63, 3.8) is 0 Å². The second kappa shape index (κ2) is 8.49. The number of rotatable bonds is 7. The summed E-state index contributed by atoms with van der Waals surface area (Å²) >= 11 is 0. The minimum absolute atomic E-state index is 0.124. The second-order valence-corrected chi connectivity index (χ2v) is 2.94. The number of aliphatic hydroxyl groups excluding tert-OH is 1. The van der Waals surface area contributed by atoms with Crippen LogP contribution >= 0.6 is 0 Å². The zero-order valence-corrected chi connectivity index (χ0v) is 8.46. The lowest BCUT2D eigenvalue weighted by Crippen LogP contribution is -2.23. The molecule has 1 fully saturated rings. The Morgan fingerprint density at radius 2 is 2.27 bits per heavy atom. The maximum atomic E-state index is 8.16. The Hall–Kier alpha value is -0.820. The highest BCUT2D eigenvalue weighted by molar-refractivity contribution is 4.53. The molecule has 6 nitrogen and oxygen atoms in total. The molecule has 1 unspecified atom stereocenters. The molecule has 6 heteroatoms. The summed E-state index contributed by atoms with van der Waals surface area (Å²) in [5, 5.41) is 12.4. The molecule has 1 rings (SSSR count). The average molecular weight is 220 g/mol. The molecule has 0 amide bonds. The van der Waals surface area contributed by atoms with Gasteiger partial charge in [-0.1, -0.05) is 0 Å². The monoisotopic (exact) mass is 220 g/mol. The molecule has 0 radical (unpaired) electrons. The van der Waals surface area contributed by atoms with E-state index in [4.69, 9.17) is 14.6 Å². The zero-order chi connectivity index (χ0) is 10.8. The van der Waals surface area contributed by atoms with Crippen molar-refractivity contribution < 1.29 is 29.4 Å². The van der Waals surface area contributed by atoms with Crippen molar-refractivity contribution in [2.75, 3.05) is 19.8 Å². The molecule has 1 saturated heterocycles. The van der Waals surface area contributed by atoms with Crippen LogP contribution in [0.25, 0.3) is 0 Å². The first-order chi connectivity index (χ1) is 7.43. The number of hydrogen-bond donors (Lipinski definition) is 1. The first-order valence-electron chi connectivity index (χ1n) is 4.91. The van der Waals surface area contributed by atoms with Crippen molar-refractivity contribution in [2.24, 2.45) is 0 Å². The second-order valence-electron chi connectivity index (χ2n) is 2.94. The molecule has 0 aromatic rings. The van der Waals surface area contributed by atoms with E-state index >= 15 is 0 Å². The molecular formula is C9H16O6. The van der Waals surface area contributed by atoms with E-state index in [2.05, 4.69) is 14.8 Å². The van der Waals surface area contributed by atoms with Gasteiger partial charge in [0.2, 0.25) is 0 Å². The Balaban J connectivity index is 1.83. The summed E-state index contributed by atoms with van der Waals surface area (Å²) < 4.78 is 10.7. The van der Waals surface area contributed by atoms with Gasteiger partial charge in [-0.05, 0) is 24.3 Å². The van der Waals surface area contributed by atoms with Gasteiger partial charge in [-0.2, -0.15) is 4.89 Å². The Kier molecular flexibility index (Phi) is 6.93. The van der Waals surface area contributed by atoms with Gasteiger partial charge in [0.05, 0.1) is 6.61 Å². The smallest absolute Gasteiger partial charge is 0.166 e. The van der Waals surface area contributed by atoms with Crippen molar-refractivity contribution in [3.8, 4) is 0 Å². The van der Waals surface area contributed by atoms with E-state index in [1.54, 1.807) is 0 Å². The standard InChI is InChI=1S/C9H16O6/c10-4-6-13-15-14-8-7-12-9-3-1-2-5-11-9/h4,6,9-10H,1-3,5,7-8H2/b6-4+. The molecule has 0 bridgehead atoms. The number of aliphatic hydroxyl groups is 1. The van der Waals surface area contributed by atoms with Gasteiger partial charge in [-0.25, -0.2) is 0 Å². The molecule has 1 N–H and O–H groups in total. The molecule has 88 valence electrons.